The van der Waals surface area contributed by atoms with Crippen LogP contribution in [0.15, 0.2) is 29.2 Å². The number of anilines is 1. The van der Waals surface area contributed by atoms with Crippen molar-refractivity contribution in [2.24, 2.45) is 5.92 Å². The number of hydrogen-bond donors (Lipinski definition) is 1. The molecule has 2 rings (SSSR count). The van der Waals surface area contributed by atoms with Gasteiger partial charge in [0.1, 0.15) is 0 Å². The fraction of sp³-hybridized carbons (Fsp3) is 0.600. The van der Waals surface area contributed by atoms with E-state index in [1.807, 2.05) is 30.0 Å². The van der Waals surface area contributed by atoms with Crippen molar-refractivity contribution in [2.75, 3.05) is 37.7 Å². The zero-order valence-corrected chi connectivity index (χ0v) is 12.7. The highest BCUT2D eigenvalue weighted by Crippen LogP contribution is 2.23. The molecule has 19 heavy (non-hydrogen) atoms. The zero-order chi connectivity index (χ0) is 13.7. The normalized spacial score (nSPS) is 20.9. The van der Waals surface area contributed by atoms with Crippen molar-refractivity contribution < 1.29 is 4.74 Å². The molecule has 2 N–H and O–H groups in total. The van der Waals surface area contributed by atoms with Crippen molar-refractivity contribution in [3.8, 4) is 0 Å². The number of thioether (sulfide) groups is 1. The Morgan fingerprint density at radius 1 is 1.47 bits per heavy atom. The number of morpholine rings is 1. The van der Waals surface area contributed by atoms with E-state index >= 15 is 0 Å². The quantitative estimate of drug-likeness (QED) is 0.665. The third-order valence-corrected chi connectivity index (χ3v) is 4.27. The van der Waals surface area contributed by atoms with E-state index in [2.05, 4.69) is 24.8 Å². The lowest BCUT2D eigenvalue weighted by Crippen LogP contribution is -2.44. The van der Waals surface area contributed by atoms with E-state index in [4.69, 9.17) is 10.5 Å². The predicted molar refractivity (Wildman–Crippen MR) is 82.6 cm³/mol. The number of benzene rings is 1. The number of rotatable bonds is 5. The zero-order valence-electron chi connectivity index (χ0n) is 11.8. The summed E-state index contributed by atoms with van der Waals surface area (Å²) in [6, 6.07) is 8.06. The summed E-state index contributed by atoms with van der Waals surface area (Å²) in [4.78, 5) is 3.74. The van der Waals surface area contributed by atoms with Gasteiger partial charge in [-0.05, 0) is 24.1 Å². The Balaban J connectivity index is 1.79. The summed E-state index contributed by atoms with van der Waals surface area (Å²) in [5.74, 6) is 1.72. The largest absolute Gasteiger partial charge is 0.399 e. The number of ether oxygens (including phenoxy) is 1. The van der Waals surface area contributed by atoms with Gasteiger partial charge in [0.25, 0.3) is 0 Å². The maximum absolute atomic E-state index is 5.85. The standard InChI is InChI=1S/C15H24N2OS/c1-12(2)9-17-6-7-18-14(10-17)11-19-15-5-3-4-13(16)8-15/h3-5,8,12,14H,6-7,9-11,16H2,1-2H3. The fourth-order valence-electron chi connectivity index (χ4n) is 2.36. The van der Waals surface area contributed by atoms with Gasteiger partial charge in [0.2, 0.25) is 0 Å². The fourth-order valence-corrected chi connectivity index (χ4v) is 3.33. The topological polar surface area (TPSA) is 38.5 Å². The minimum atomic E-state index is 0.332. The third-order valence-electron chi connectivity index (χ3n) is 3.14. The first kappa shape index (κ1) is 14.7. The van der Waals surface area contributed by atoms with Crippen molar-refractivity contribution >= 4 is 17.4 Å². The first-order chi connectivity index (χ1) is 9.13. The smallest absolute Gasteiger partial charge is 0.0796 e. The number of nitrogens with zero attached hydrogens (tertiary/aromatic N) is 1. The van der Waals surface area contributed by atoms with Gasteiger partial charge in [-0.15, -0.1) is 11.8 Å². The number of hydrogen-bond acceptors (Lipinski definition) is 4. The second kappa shape index (κ2) is 7.17. The van der Waals surface area contributed by atoms with Gasteiger partial charge < -0.3 is 10.5 Å². The van der Waals surface area contributed by atoms with E-state index in [9.17, 15) is 0 Å². The molecular weight excluding hydrogens is 256 g/mol. The predicted octanol–water partition coefficient (Wildman–Crippen LogP) is 2.72. The van der Waals surface area contributed by atoms with Crippen molar-refractivity contribution in [1.82, 2.24) is 4.90 Å². The Bertz CT molecular complexity index is 397. The molecule has 1 atom stereocenters. The van der Waals surface area contributed by atoms with Gasteiger partial charge >= 0.3 is 0 Å². The van der Waals surface area contributed by atoms with E-state index < -0.39 is 0 Å². The van der Waals surface area contributed by atoms with Crippen molar-refractivity contribution in [3.63, 3.8) is 0 Å². The Morgan fingerprint density at radius 2 is 2.32 bits per heavy atom. The minimum Gasteiger partial charge on any atom is -0.399 e. The van der Waals surface area contributed by atoms with E-state index in [0.717, 1.165) is 37.1 Å². The lowest BCUT2D eigenvalue weighted by Gasteiger charge is -2.33. The molecule has 0 aromatic heterocycles. The van der Waals surface area contributed by atoms with Crippen LogP contribution in [0.5, 0.6) is 0 Å². The summed E-state index contributed by atoms with van der Waals surface area (Å²) in [7, 11) is 0. The SMILES string of the molecule is CC(C)CN1CCOC(CSc2cccc(N)c2)C1. The molecule has 4 heteroatoms. The Morgan fingerprint density at radius 3 is 3.05 bits per heavy atom. The highest BCUT2D eigenvalue weighted by Gasteiger charge is 2.20. The van der Waals surface area contributed by atoms with Gasteiger partial charge in [-0.1, -0.05) is 19.9 Å². The second-order valence-electron chi connectivity index (χ2n) is 5.53. The van der Waals surface area contributed by atoms with Gasteiger partial charge in [0.15, 0.2) is 0 Å². The molecule has 0 bridgehead atoms. The van der Waals surface area contributed by atoms with Crippen LogP contribution >= 0.6 is 11.8 Å². The summed E-state index contributed by atoms with van der Waals surface area (Å²) in [5.41, 5.74) is 6.62. The lowest BCUT2D eigenvalue weighted by atomic mass is 10.2. The molecule has 0 saturated carbocycles. The molecule has 0 spiro atoms. The number of nitrogens with two attached hydrogens (primary N) is 1. The van der Waals surface area contributed by atoms with Crippen LogP contribution in [0.2, 0.25) is 0 Å². The van der Waals surface area contributed by atoms with Gasteiger partial charge in [-0.2, -0.15) is 0 Å². The first-order valence-electron chi connectivity index (χ1n) is 6.96. The molecule has 1 aliphatic heterocycles. The van der Waals surface area contributed by atoms with Gasteiger partial charge in [-0.3, -0.25) is 4.90 Å². The second-order valence-corrected chi connectivity index (χ2v) is 6.62. The van der Waals surface area contributed by atoms with Gasteiger partial charge in [0, 0.05) is 36.0 Å². The number of nitrogen functional groups attached to an aromatic ring is 1. The lowest BCUT2D eigenvalue weighted by molar-refractivity contribution is -0.0191. The monoisotopic (exact) mass is 280 g/mol. The Hall–Kier alpha value is -0.710. The van der Waals surface area contributed by atoms with Crippen LogP contribution in [0, 0.1) is 5.92 Å². The molecule has 0 amide bonds. The summed E-state index contributed by atoms with van der Waals surface area (Å²) in [6.07, 6.45) is 0.332. The average Bonchev–Trinajstić information content (AvgIpc) is 2.36. The van der Waals surface area contributed by atoms with Gasteiger partial charge in [0.05, 0.1) is 12.7 Å². The van der Waals surface area contributed by atoms with Crippen LogP contribution < -0.4 is 5.73 Å². The van der Waals surface area contributed by atoms with Crippen LogP contribution in [-0.4, -0.2) is 43.0 Å². The molecular formula is C15H24N2OS. The average molecular weight is 280 g/mol. The summed E-state index contributed by atoms with van der Waals surface area (Å²) in [5, 5.41) is 0. The Kier molecular flexibility index (Phi) is 5.55. The molecule has 1 aromatic rings. The van der Waals surface area contributed by atoms with E-state index in [-0.39, 0.29) is 0 Å². The molecule has 1 heterocycles. The highest BCUT2D eigenvalue weighted by molar-refractivity contribution is 7.99. The molecule has 1 aromatic carbocycles. The molecule has 0 aliphatic carbocycles. The minimum absolute atomic E-state index is 0.332. The first-order valence-corrected chi connectivity index (χ1v) is 7.94. The third kappa shape index (κ3) is 5.05. The van der Waals surface area contributed by atoms with Gasteiger partial charge in [-0.25, -0.2) is 0 Å². The molecule has 106 valence electrons. The van der Waals surface area contributed by atoms with Crippen LogP contribution in [0.1, 0.15) is 13.8 Å². The van der Waals surface area contributed by atoms with Crippen molar-refractivity contribution in [3.05, 3.63) is 24.3 Å². The molecule has 1 unspecified atom stereocenters. The molecule has 1 saturated heterocycles. The van der Waals surface area contributed by atoms with Crippen LogP contribution in [-0.2, 0) is 4.74 Å². The molecule has 1 aliphatic rings. The van der Waals surface area contributed by atoms with Crippen LogP contribution in [0.25, 0.3) is 0 Å². The molecule has 0 radical (unpaired) electrons. The molecule has 3 nitrogen and oxygen atoms in total. The maximum Gasteiger partial charge on any atom is 0.0796 e. The Labute approximate surface area is 120 Å². The van der Waals surface area contributed by atoms with E-state index in [1.165, 1.54) is 11.4 Å². The maximum atomic E-state index is 5.85. The van der Waals surface area contributed by atoms with E-state index in [0.29, 0.717) is 6.10 Å². The highest BCUT2D eigenvalue weighted by atomic mass is 32.2. The summed E-state index contributed by atoms with van der Waals surface area (Å²) in [6.45, 7) is 8.68. The van der Waals surface area contributed by atoms with Crippen LogP contribution in [0.4, 0.5) is 5.69 Å². The molecule has 1 fully saturated rings. The van der Waals surface area contributed by atoms with E-state index in [1.54, 1.807) is 0 Å². The van der Waals surface area contributed by atoms with Crippen molar-refractivity contribution in [2.45, 2.75) is 24.8 Å². The summed E-state index contributed by atoms with van der Waals surface area (Å²) >= 11 is 1.83. The van der Waals surface area contributed by atoms with Crippen LogP contribution in [0.3, 0.4) is 0 Å². The summed E-state index contributed by atoms with van der Waals surface area (Å²) < 4.78 is 5.85. The van der Waals surface area contributed by atoms with Crippen molar-refractivity contribution in [1.29, 1.82) is 0 Å².